The molecule has 1 unspecified atom stereocenters. The first kappa shape index (κ1) is 13.1. The monoisotopic (exact) mass is 326 g/mol. The van der Waals surface area contributed by atoms with E-state index in [1.165, 1.54) is 18.9 Å². The number of halogens is 2. The minimum absolute atomic E-state index is 0.110. The fraction of sp³-hybridized carbons (Fsp3) is 0.500. The third kappa shape index (κ3) is 2.82. The second-order valence-corrected chi connectivity index (χ2v) is 6.14. The Hall–Kier alpha value is -0.940. The maximum absolute atomic E-state index is 13.8. The number of rotatable bonds is 3. The van der Waals surface area contributed by atoms with Gasteiger partial charge in [-0.05, 0) is 47.3 Å². The molecule has 1 saturated heterocycles. The van der Waals surface area contributed by atoms with Gasteiger partial charge in [0, 0.05) is 25.2 Å². The third-order valence-electron chi connectivity index (χ3n) is 3.81. The molecule has 1 amide bonds. The maximum Gasteiger partial charge on any atom is 0.254 e. The highest BCUT2D eigenvalue weighted by molar-refractivity contribution is 9.10. The Balaban J connectivity index is 1.63. The first-order valence-electron chi connectivity index (χ1n) is 6.64. The molecule has 19 heavy (non-hydrogen) atoms. The van der Waals surface area contributed by atoms with Crippen LogP contribution < -0.4 is 5.32 Å². The fourth-order valence-corrected chi connectivity index (χ4v) is 2.98. The molecule has 1 N–H and O–H groups in total. The van der Waals surface area contributed by atoms with Crippen LogP contribution in [0.25, 0.3) is 0 Å². The van der Waals surface area contributed by atoms with Crippen molar-refractivity contribution in [3.8, 4) is 0 Å². The summed E-state index contributed by atoms with van der Waals surface area (Å²) >= 11 is 3.10. The number of likely N-dealkylation sites (tertiary alicyclic amines) is 1. The minimum Gasteiger partial charge on any atom is -0.348 e. The van der Waals surface area contributed by atoms with Gasteiger partial charge in [0.15, 0.2) is 0 Å². The van der Waals surface area contributed by atoms with Gasteiger partial charge < -0.3 is 5.32 Å². The molecule has 2 fully saturated rings. The lowest BCUT2D eigenvalue weighted by Gasteiger charge is -2.16. The van der Waals surface area contributed by atoms with E-state index in [1.807, 2.05) is 0 Å². The van der Waals surface area contributed by atoms with Gasteiger partial charge in [-0.2, -0.15) is 0 Å². The van der Waals surface area contributed by atoms with E-state index in [1.54, 1.807) is 12.1 Å². The summed E-state index contributed by atoms with van der Waals surface area (Å²) in [5, 5.41) is 2.93. The highest BCUT2D eigenvalue weighted by atomic mass is 79.9. The van der Waals surface area contributed by atoms with E-state index in [2.05, 4.69) is 26.1 Å². The lowest BCUT2D eigenvalue weighted by Crippen LogP contribution is -2.37. The van der Waals surface area contributed by atoms with E-state index >= 15 is 0 Å². The van der Waals surface area contributed by atoms with Gasteiger partial charge in [-0.15, -0.1) is 0 Å². The summed E-state index contributed by atoms with van der Waals surface area (Å²) in [5.41, 5.74) is 0.110. The van der Waals surface area contributed by atoms with Gasteiger partial charge in [0.1, 0.15) is 5.82 Å². The SMILES string of the molecule is O=C(NC1CCN(C2CC2)C1)c1cccc(Br)c1F. The van der Waals surface area contributed by atoms with E-state index in [0.717, 1.165) is 25.6 Å². The predicted octanol–water partition coefficient (Wildman–Crippen LogP) is 2.55. The quantitative estimate of drug-likeness (QED) is 0.925. The van der Waals surface area contributed by atoms with Gasteiger partial charge in [0.05, 0.1) is 10.0 Å². The van der Waals surface area contributed by atoms with Crippen LogP contribution in [0.4, 0.5) is 4.39 Å². The van der Waals surface area contributed by atoms with Crippen molar-refractivity contribution < 1.29 is 9.18 Å². The Kier molecular flexibility index (Phi) is 3.58. The second kappa shape index (κ2) is 5.21. The first-order chi connectivity index (χ1) is 9.15. The lowest BCUT2D eigenvalue weighted by atomic mass is 10.1. The van der Waals surface area contributed by atoms with Gasteiger partial charge in [-0.3, -0.25) is 9.69 Å². The Morgan fingerprint density at radius 2 is 2.16 bits per heavy atom. The van der Waals surface area contributed by atoms with Crippen molar-refractivity contribution in [1.82, 2.24) is 10.2 Å². The zero-order valence-corrected chi connectivity index (χ0v) is 12.1. The molecule has 3 rings (SSSR count). The molecule has 1 atom stereocenters. The Morgan fingerprint density at radius 3 is 2.89 bits per heavy atom. The van der Waals surface area contributed by atoms with Gasteiger partial charge >= 0.3 is 0 Å². The highest BCUT2D eigenvalue weighted by Crippen LogP contribution is 2.30. The highest BCUT2D eigenvalue weighted by Gasteiger charge is 2.35. The minimum atomic E-state index is -0.489. The molecule has 102 valence electrons. The summed E-state index contributed by atoms with van der Waals surface area (Å²) in [6.07, 6.45) is 3.51. The van der Waals surface area contributed by atoms with Crippen molar-refractivity contribution in [3.05, 3.63) is 34.1 Å². The molecule has 1 saturated carbocycles. The molecule has 0 radical (unpaired) electrons. The molecule has 0 spiro atoms. The topological polar surface area (TPSA) is 32.3 Å². The summed E-state index contributed by atoms with van der Waals surface area (Å²) in [7, 11) is 0. The molecule has 1 aromatic carbocycles. The number of nitrogens with zero attached hydrogens (tertiary/aromatic N) is 1. The third-order valence-corrected chi connectivity index (χ3v) is 4.43. The molecule has 2 aliphatic rings. The average Bonchev–Trinajstić information content (AvgIpc) is 3.14. The Labute approximate surface area is 120 Å². The van der Waals surface area contributed by atoms with Crippen molar-refractivity contribution in [2.24, 2.45) is 0 Å². The van der Waals surface area contributed by atoms with Crippen molar-refractivity contribution in [1.29, 1.82) is 0 Å². The van der Waals surface area contributed by atoms with Crippen molar-refractivity contribution in [2.75, 3.05) is 13.1 Å². The van der Waals surface area contributed by atoms with Gasteiger partial charge in [0.25, 0.3) is 5.91 Å². The number of hydrogen-bond acceptors (Lipinski definition) is 2. The first-order valence-corrected chi connectivity index (χ1v) is 7.43. The number of nitrogens with one attached hydrogen (secondary N) is 1. The summed E-state index contributed by atoms with van der Waals surface area (Å²) in [6, 6.07) is 5.66. The number of hydrogen-bond donors (Lipinski definition) is 1. The van der Waals surface area contributed by atoms with Gasteiger partial charge in [-0.25, -0.2) is 4.39 Å². The van der Waals surface area contributed by atoms with Gasteiger partial charge in [-0.1, -0.05) is 6.07 Å². The largest absolute Gasteiger partial charge is 0.348 e. The Morgan fingerprint density at radius 1 is 1.37 bits per heavy atom. The smallest absolute Gasteiger partial charge is 0.254 e. The summed E-state index contributed by atoms with van der Waals surface area (Å²) in [6.45, 7) is 1.93. The van der Waals surface area contributed by atoms with E-state index in [9.17, 15) is 9.18 Å². The van der Waals surface area contributed by atoms with E-state index in [0.29, 0.717) is 4.47 Å². The lowest BCUT2D eigenvalue weighted by molar-refractivity contribution is 0.0933. The Bertz CT molecular complexity index is 504. The molecule has 3 nitrogen and oxygen atoms in total. The van der Waals surface area contributed by atoms with Gasteiger partial charge in [0.2, 0.25) is 0 Å². The maximum atomic E-state index is 13.8. The summed E-state index contributed by atoms with van der Waals surface area (Å²) in [5.74, 6) is -0.807. The second-order valence-electron chi connectivity index (χ2n) is 5.29. The van der Waals surface area contributed by atoms with Crippen molar-refractivity contribution in [3.63, 3.8) is 0 Å². The fourth-order valence-electron chi connectivity index (χ4n) is 2.62. The molecule has 0 aromatic heterocycles. The van der Waals surface area contributed by atoms with E-state index < -0.39 is 5.82 Å². The zero-order chi connectivity index (χ0) is 13.4. The number of benzene rings is 1. The molecule has 5 heteroatoms. The van der Waals surface area contributed by atoms with E-state index in [4.69, 9.17) is 0 Å². The standard InChI is InChI=1S/C14H16BrFN2O/c15-12-3-1-2-11(13(12)16)14(19)17-9-6-7-18(8-9)10-4-5-10/h1-3,9-10H,4-8H2,(H,17,19). The van der Waals surface area contributed by atoms with Crippen LogP contribution in [0, 0.1) is 5.82 Å². The molecule has 1 aliphatic carbocycles. The number of amides is 1. The number of carbonyl (C=O) groups is 1. The van der Waals surface area contributed by atoms with Crippen LogP contribution in [0.5, 0.6) is 0 Å². The van der Waals surface area contributed by atoms with Crippen LogP contribution in [0.15, 0.2) is 22.7 Å². The van der Waals surface area contributed by atoms with Crippen LogP contribution in [0.2, 0.25) is 0 Å². The van der Waals surface area contributed by atoms with Crippen molar-refractivity contribution >= 4 is 21.8 Å². The van der Waals surface area contributed by atoms with Crippen LogP contribution in [0.1, 0.15) is 29.6 Å². The average molecular weight is 327 g/mol. The van der Waals surface area contributed by atoms with Crippen molar-refractivity contribution in [2.45, 2.75) is 31.3 Å². The summed E-state index contributed by atoms with van der Waals surface area (Å²) in [4.78, 5) is 14.5. The van der Waals surface area contributed by atoms with Crippen LogP contribution in [0.3, 0.4) is 0 Å². The molecule has 1 aliphatic heterocycles. The zero-order valence-electron chi connectivity index (χ0n) is 10.5. The molecular formula is C14H16BrFN2O. The molecule has 0 bridgehead atoms. The van der Waals surface area contributed by atoms with E-state index in [-0.39, 0.29) is 17.5 Å². The summed E-state index contributed by atoms with van der Waals surface area (Å²) < 4.78 is 14.1. The van der Waals surface area contributed by atoms with Crippen LogP contribution >= 0.6 is 15.9 Å². The molecule has 1 heterocycles. The molecular weight excluding hydrogens is 311 g/mol. The van der Waals surface area contributed by atoms with Crippen LogP contribution in [-0.4, -0.2) is 36.0 Å². The normalized spacial score (nSPS) is 23.6. The van der Waals surface area contributed by atoms with Crippen LogP contribution in [-0.2, 0) is 0 Å². The molecule has 1 aromatic rings. The number of carbonyl (C=O) groups excluding carboxylic acids is 1. The predicted molar refractivity (Wildman–Crippen MR) is 74.6 cm³/mol.